The molecule has 0 aliphatic carbocycles. The number of phenolic OH excluding ortho intramolecular Hbond substituents is 1. The van der Waals surface area contributed by atoms with Crippen LogP contribution in [0.1, 0.15) is 10.4 Å². The first-order valence-electron chi connectivity index (χ1n) is 5.28. The summed E-state index contributed by atoms with van der Waals surface area (Å²) in [6.07, 6.45) is 0. The number of methoxy groups -OCH3 is 1. The van der Waals surface area contributed by atoms with Crippen molar-refractivity contribution < 1.29 is 14.6 Å². The van der Waals surface area contributed by atoms with Gasteiger partial charge in [-0.15, -0.1) is 0 Å². The second-order valence-electron chi connectivity index (χ2n) is 3.77. The normalized spacial score (nSPS) is 10.1. The molecule has 18 heavy (non-hydrogen) atoms. The van der Waals surface area contributed by atoms with Crippen LogP contribution in [-0.4, -0.2) is 18.2 Å². The van der Waals surface area contributed by atoms with Crippen LogP contribution in [0.3, 0.4) is 0 Å². The summed E-state index contributed by atoms with van der Waals surface area (Å²) in [5.74, 6) is -0.273. The lowest BCUT2D eigenvalue weighted by atomic mass is 10.0. The molecule has 0 aliphatic rings. The Morgan fingerprint density at radius 1 is 1.11 bits per heavy atom. The van der Waals surface area contributed by atoms with Gasteiger partial charge in [0.25, 0.3) is 0 Å². The minimum atomic E-state index is -0.379. The van der Waals surface area contributed by atoms with E-state index in [0.29, 0.717) is 10.6 Å². The minimum Gasteiger partial charge on any atom is -0.508 e. The third-order valence-corrected chi connectivity index (χ3v) is 2.74. The Bertz CT molecular complexity index is 556. The summed E-state index contributed by atoms with van der Waals surface area (Å²) in [5, 5.41) is 9.94. The fraction of sp³-hybridized carbons (Fsp3) is 0.0714. The van der Waals surface area contributed by atoms with E-state index < -0.39 is 0 Å². The number of esters is 1. The molecule has 0 fully saturated rings. The molecule has 0 atom stereocenters. The Balaban J connectivity index is 2.37. The van der Waals surface area contributed by atoms with E-state index in [2.05, 4.69) is 4.74 Å². The zero-order valence-corrected chi connectivity index (χ0v) is 10.4. The van der Waals surface area contributed by atoms with Gasteiger partial charge in [-0.3, -0.25) is 0 Å². The van der Waals surface area contributed by atoms with Gasteiger partial charge >= 0.3 is 5.97 Å². The highest BCUT2D eigenvalue weighted by Crippen LogP contribution is 2.28. The second-order valence-corrected chi connectivity index (χ2v) is 4.20. The number of rotatable bonds is 2. The molecule has 0 unspecified atom stereocenters. The first kappa shape index (κ1) is 12.5. The Labute approximate surface area is 110 Å². The van der Waals surface area contributed by atoms with Crippen molar-refractivity contribution in [2.45, 2.75) is 0 Å². The van der Waals surface area contributed by atoms with Crippen molar-refractivity contribution in [2.75, 3.05) is 7.11 Å². The zero-order valence-electron chi connectivity index (χ0n) is 9.68. The summed E-state index contributed by atoms with van der Waals surface area (Å²) in [6.45, 7) is 0. The molecular weight excluding hydrogens is 252 g/mol. The van der Waals surface area contributed by atoms with Crippen LogP contribution in [0.2, 0.25) is 5.02 Å². The number of hydrogen-bond donors (Lipinski definition) is 1. The van der Waals surface area contributed by atoms with Crippen molar-refractivity contribution in [3.8, 4) is 16.9 Å². The lowest BCUT2D eigenvalue weighted by Crippen LogP contribution is -2.00. The molecule has 0 aromatic heterocycles. The molecule has 2 aromatic rings. The number of phenols is 1. The predicted octanol–water partition coefficient (Wildman–Crippen LogP) is 3.50. The largest absolute Gasteiger partial charge is 0.508 e. The number of halogens is 1. The lowest BCUT2D eigenvalue weighted by molar-refractivity contribution is 0.0601. The molecule has 0 amide bonds. The van der Waals surface area contributed by atoms with Crippen LogP contribution in [0.15, 0.2) is 42.5 Å². The van der Waals surface area contributed by atoms with Crippen molar-refractivity contribution in [1.82, 2.24) is 0 Å². The van der Waals surface area contributed by atoms with Gasteiger partial charge in [0, 0.05) is 5.02 Å². The average Bonchev–Trinajstić information content (AvgIpc) is 2.37. The molecule has 0 aliphatic heterocycles. The van der Waals surface area contributed by atoms with E-state index in [9.17, 15) is 9.90 Å². The monoisotopic (exact) mass is 262 g/mol. The van der Waals surface area contributed by atoms with Crippen LogP contribution in [0.25, 0.3) is 11.1 Å². The van der Waals surface area contributed by atoms with Gasteiger partial charge < -0.3 is 9.84 Å². The molecule has 0 bridgehead atoms. The van der Waals surface area contributed by atoms with Gasteiger partial charge in [0.15, 0.2) is 0 Å². The van der Waals surface area contributed by atoms with E-state index in [1.54, 1.807) is 36.4 Å². The zero-order chi connectivity index (χ0) is 13.1. The van der Waals surface area contributed by atoms with Crippen LogP contribution in [0.5, 0.6) is 5.75 Å². The van der Waals surface area contributed by atoms with Crippen molar-refractivity contribution in [3.63, 3.8) is 0 Å². The Morgan fingerprint density at radius 3 is 2.33 bits per heavy atom. The highest BCUT2D eigenvalue weighted by molar-refractivity contribution is 6.31. The topological polar surface area (TPSA) is 46.5 Å². The third-order valence-electron chi connectivity index (χ3n) is 2.52. The second kappa shape index (κ2) is 5.10. The predicted molar refractivity (Wildman–Crippen MR) is 69.9 cm³/mol. The van der Waals surface area contributed by atoms with Gasteiger partial charge in [0.2, 0.25) is 0 Å². The summed E-state index contributed by atoms with van der Waals surface area (Å²) in [4.78, 5) is 11.3. The van der Waals surface area contributed by atoms with Crippen molar-refractivity contribution in [2.24, 2.45) is 0 Å². The quantitative estimate of drug-likeness (QED) is 0.843. The van der Waals surface area contributed by atoms with E-state index in [1.807, 2.05) is 0 Å². The molecule has 0 spiro atoms. The van der Waals surface area contributed by atoms with Crippen LogP contribution in [0, 0.1) is 0 Å². The first-order chi connectivity index (χ1) is 8.60. The summed E-state index contributed by atoms with van der Waals surface area (Å²) >= 11 is 5.87. The Kier molecular flexibility index (Phi) is 3.53. The maximum Gasteiger partial charge on any atom is 0.337 e. The molecule has 4 heteroatoms. The molecule has 0 heterocycles. The molecule has 3 nitrogen and oxygen atoms in total. The molecule has 2 rings (SSSR count). The molecule has 0 saturated heterocycles. The van der Waals surface area contributed by atoms with Crippen LogP contribution >= 0.6 is 11.6 Å². The number of ether oxygens (including phenoxy) is 1. The van der Waals surface area contributed by atoms with E-state index in [0.717, 1.165) is 11.1 Å². The number of aromatic hydroxyl groups is 1. The SMILES string of the molecule is COC(=O)c1ccc(-c2cc(O)cc(Cl)c2)cc1. The van der Waals surface area contributed by atoms with Crippen molar-refractivity contribution in [1.29, 1.82) is 0 Å². The average molecular weight is 263 g/mol. The minimum absolute atomic E-state index is 0.106. The summed E-state index contributed by atoms with van der Waals surface area (Å²) < 4.78 is 4.62. The van der Waals surface area contributed by atoms with Crippen LogP contribution in [-0.2, 0) is 4.74 Å². The smallest absolute Gasteiger partial charge is 0.337 e. The highest BCUT2D eigenvalue weighted by Gasteiger charge is 2.06. The van der Waals surface area contributed by atoms with Gasteiger partial charge in [0.1, 0.15) is 5.75 Å². The molecule has 0 radical (unpaired) electrons. The fourth-order valence-corrected chi connectivity index (χ4v) is 1.89. The number of carbonyl (C=O) groups excluding carboxylic acids is 1. The Hall–Kier alpha value is -2.00. The summed E-state index contributed by atoms with van der Waals surface area (Å²) in [5.41, 5.74) is 2.13. The number of carbonyl (C=O) groups is 1. The van der Waals surface area contributed by atoms with Crippen molar-refractivity contribution >= 4 is 17.6 Å². The fourth-order valence-electron chi connectivity index (χ4n) is 1.66. The standard InChI is InChI=1S/C14H11ClO3/c1-18-14(17)10-4-2-9(3-5-10)11-6-12(15)8-13(16)7-11/h2-8,16H,1H3. The first-order valence-corrected chi connectivity index (χ1v) is 5.66. The molecule has 1 N–H and O–H groups in total. The Morgan fingerprint density at radius 2 is 1.78 bits per heavy atom. The molecular formula is C14H11ClO3. The molecule has 2 aromatic carbocycles. The summed E-state index contributed by atoms with van der Waals surface area (Å²) in [6, 6.07) is 11.7. The van der Waals surface area contributed by atoms with Gasteiger partial charge in [-0.05, 0) is 41.5 Å². The van der Waals surface area contributed by atoms with E-state index in [4.69, 9.17) is 11.6 Å². The van der Waals surface area contributed by atoms with E-state index >= 15 is 0 Å². The van der Waals surface area contributed by atoms with Gasteiger partial charge in [-0.25, -0.2) is 4.79 Å². The van der Waals surface area contributed by atoms with Gasteiger partial charge in [-0.1, -0.05) is 23.7 Å². The third kappa shape index (κ3) is 2.63. The molecule has 92 valence electrons. The van der Waals surface area contributed by atoms with Gasteiger partial charge in [-0.2, -0.15) is 0 Å². The number of benzene rings is 2. The highest BCUT2D eigenvalue weighted by atomic mass is 35.5. The lowest BCUT2D eigenvalue weighted by Gasteiger charge is -2.05. The summed E-state index contributed by atoms with van der Waals surface area (Å²) in [7, 11) is 1.34. The van der Waals surface area contributed by atoms with Crippen molar-refractivity contribution in [3.05, 3.63) is 53.1 Å². The maximum absolute atomic E-state index is 11.3. The molecule has 0 saturated carbocycles. The van der Waals surface area contributed by atoms with E-state index in [1.165, 1.54) is 13.2 Å². The van der Waals surface area contributed by atoms with Gasteiger partial charge in [0.05, 0.1) is 12.7 Å². The number of hydrogen-bond acceptors (Lipinski definition) is 3. The van der Waals surface area contributed by atoms with Crippen LogP contribution in [0.4, 0.5) is 0 Å². The maximum atomic E-state index is 11.3. The van der Waals surface area contributed by atoms with Crippen LogP contribution < -0.4 is 0 Å². The van der Waals surface area contributed by atoms with E-state index in [-0.39, 0.29) is 11.7 Å².